The number of para-hydroxylation sites is 1. The molecule has 5 nitrogen and oxygen atoms in total. The number of carbonyl (C=O) groups is 2. The van der Waals surface area contributed by atoms with Gasteiger partial charge in [-0.05, 0) is 24.3 Å². The molecule has 1 N–H and O–H groups in total. The standard InChI is InChI=1S/C14H11NO4/c1-9(16)12-7-6-10(8-15-12)19-13-5-3-2-4-11(13)14(17)18/h2-8H,1H3,(H,17,18). The fourth-order valence-electron chi connectivity index (χ4n) is 1.51. The van der Waals surface area contributed by atoms with Gasteiger partial charge < -0.3 is 9.84 Å². The van der Waals surface area contributed by atoms with Gasteiger partial charge in [-0.1, -0.05) is 12.1 Å². The van der Waals surface area contributed by atoms with Crippen molar-refractivity contribution in [2.75, 3.05) is 0 Å². The van der Waals surface area contributed by atoms with Gasteiger partial charge in [0.25, 0.3) is 0 Å². The topological polar surface area (TPSA) is 76.5 Å². The van der Waals surface area contributed by atoms with E-state index in [2.05, 4.69) is 4.98 Å². The quantitative estimate of drug-likeness (QED) is 0.852. The number of aromatic carboxylic acids is 1. The minimum Gasteiger partial charge on any atom is -0.478 e. The van der Waals surface area contributed by atoms with Gasteiger partial charge in [0.15, 0.2) is 5.78 Å². The van der Waals surface area contributed by atoms with E-state index < -0.39 is 5.97 Å². The molecule has 0 spiro atoms. The lowest BCUT2D eigenvalue weighted by molar-refractivity contribution is 0.0694. The van der Waals surface area contributed by atoms with Crippen LogP contribution in [0.4, 0.5) is 0 Å². The number of ether oxygens (including phenoxy) is 1. The molecule has 2 aromatic rings. The van der Waals surface area contributed by atoms with Gasteiger partial charge in [0, 0.05) is 6.92 Å². The molecule has 0 amide bonds. The second-order valence-electron chi connectivity index (χ2n) is 3.84. The molecular formula is C14H11NO4. The van der Waals surface area contributed by atoms with E-state index in [1.54, 1.807) is 24.3 Å². The summed E-state index contributed by atoms with van der Waals surface area (Å²) in [6.45, 7) is 1.42. The molecule has 0 aliphatic heterocycles. The third-order valence-electron chi connectivity index (χ3n) is 2.44. The third kappa shape index (κ3) is 2.95. The Labute approximate surface area is 109 Å². The number of carboxylic acid groups (broad SMARTS) is 1. The van der Waals surface area contributed by atoms with E-state index in [1.165, 1.54) is 25.3 Å². The van der Waals surface area contributed by atoms with E-state index in [1.807, 2.05) is 0 Å². The number of aromatic nitrogens is 1. The van der Waals surface area contributed by atoms with Crippen LogP contribution in [0, 0.1) is 0 Å². The third-order valence-corrected chi connectivity index (χ3v) is 2.44. The summed E-state index contributed by atoms with van der Waals surface area (Å²) in [6.07, 6.45) is 1.38. The van der Waals surface area contributed by atoms with Crippen LogP contribution in [0.25, 0.3) is 0 Å². The van der Waals surface area contributed by atoms with E-state index >= 15 is 0 Å². The fraction of sp³-hybridized carbons (Fsp3) is 0.0714. The number of carbonyl (C=O) groups excluding carboxylic acids is 1. The maximum atomic E-state index is 11.1. The van der Waals surface area contributed by atoms with Gasteiger partial charge in [-0.2, -0.15) is 0 Å². The monoisotopic (exact) mass is 257 g/mol. The molecule has 0 bridgehead atoms. The number of hydrogen-bond acceptors (Lipinski definition) is 4. The van der Waals surface area contributed by atoms with E-state index in [4.69, 9.17) is 9.84 Å². The molecular weight excluding hydrogens is 246 g/mol. The number of rotatable bonds is 4. The Morgan fingerprint density at radius 3 is 2.47 bits per heavy atom. The Morgan fingerprint density at radius 2 is 1.89 bits per heavy atom. The highest BCUT2D eigenvalue weighted by Crippen LogP contribution is 2.24. The summed E-state index contributed by atoms with van der Waals surface area (Å²) in [5, 5.41) is 9.02. The zero-order valence-electron chi connectivity index (χ0n) is 10.2. The van der Waals surface area contributed by atoms with Crippen LogP contribution >= 0.6 is 0 Å². The van der Waals surface area contributed by atoms with Gasteiger partial charge in [-0.25, -0.2) is 9.78 Å². The van der Waals surface area contributed by atoms with Crippen molar-refractivity contribution in [2.45, 2.75) is 6.92 Å². The van der Waals surface area contributed by atoms with Gasteiger partial charge in [0.05, 0.1) is 6.20 Å². The molecule has 2 rings (SSSR count). The zero-order valence-corrected chi connectivity index (χ0v) is 10.2. The number of pyridine rings is 1. The summed E-state index contributed by atoms with van der Waals surface area (Å²) >= 11 is 0. The number of Topliss-reactive ketones (excluding diaryl/α,β-unsaturated/α-hetero) is 1. The molecule has 1 aromatic heterocycles. The molecule has 0 fully saturated rings. The van der Waals surface area contributed by atoms with E-state index in [9.17, 15) is 9.59 Å². The highest BCUT2D eigenvalue weighted by Gasteiger charge is 2.11. The highest BCUT2D eigenvalue weighted by atomic mass is 16.5. The Hall–Kier alpha value is -2.69. The normalized spacial score (nSPS) is 9.95. The van der Waals surface area contributed by atoms with E-state index in [0.717, 1.165) is 0 Å². The van der Waals surface area contributed by atoms with Crippen LogP contribution in [-0.2, 0) is 0 Å². The van der Waals surface area contributed by atoms with Crippen molar-refractivity contribution in [3.8, 4) is 11.5 Å². The highest BCUT2D eigenvalue weighted by molar-refractivity contribution is 5.92. The first-order valence-corrected chi connectivity index (χ1v) is 5.55. The lowest BCUT2D eigenvalue weighted by Crippen LogP contribution is -2.00. The maximum absolute atomic E-state index is 11.1. The van der Waals surface area contributed by atoms with Crippen molar-refractivity contribution >= 4 is 11.8 Å². The summed E-state index contributed by atoms with van der Waals surface area (Å²) in [5.74, 6) is -0.604. The van der Waals surface area contributed by atoms with Crippen LogP contribution in [0.2, 0.25) is 0 Å². The number of hydrogen-bond donors (Lipinski definition) is 1. The van der Waals surface area contributed by atoms with Crippen LogP contribution in [-0.4, -0.2) is 21.8 Å². The number of carboxylic acids is 1. The first kappa shape index (κ1) is 12.8. The summed E-state index contributed by atoms with van der Waals surface area (Å²) in [5.41, 5.74) is 0.400. The average molecular weight is 257 g/mol. The van der Waals surface area contributed by atoms with E-state index in [0.29, 0.717) is 11.4 Å². The first-order chi connectivity index (χ1) is 9.08. The van der Waals surface area contributed by atoms with Crippen molar-refractivity contribution in [3.05, 3.63) is 53.9 Å². The molecule has 0 atom stereocenters. The molecule has 5 heteroatoms. The van der Waals surface area contributed by atoms with Gasteiger partial charge in [0.1, 0.15) is 22.8 Å². The Balaban J connectivity index is 2.26. The fourth-order valence-corrected chi connectivity index (χ4v) is 1.51. The maximum Gasteiger partial charge on any atom is 0.339 e. The van der Waals surface area contributed by atoms with Gasteiger partial charge in [-0.3, -0.25) is 4.79 Å². The first-order valence-electron chi connectivity index (χ1n) is 5.55. The molecule has 0 saturated carbocycles. The molecule has 1 heterocycles. The SMILES string of the molecule is CC(=O)c1ccc(Oc2ccccc2C(=O)O)cn1. The molecule has 0 saturated heterocycles. The summed E-state index contributed by atoms with van der Waals surface area (Å²) in [4.78, 5) is 26.0. The minimum absolute atomic E-state index is 0.0677. The lowest BCUT2D eigenvalue weighted by atomic mass is 10.2. The van der Waals surface area contributed by atoms with Gasteiger partial charge in [0.2, 0.25) is 0 Å². The smallest absolute Gasteiger partial charge is 0.339 e. The Bertz CT molecular complexity index is 620. The lowest BCUT2D eigenvalue weighted by Gasteiger charge is -2.08. The van der Waals surface area contributed by atoms with Crippen LogP contribution in [0.1, 0.15) is 27.8 Å². The number of benzene rings is 1. The Kier molecular flexibility index (Phi) is 3.56. The molecule has 0 unspecified atom stereocenters. The minimum atomic E-state index is -1.07. The largest absolute Gasteiger partial charge is 0.478 e. The van der Waals surface area contributed by atoms with Crippen molar-refractivity contribution in [3.63, 3.8) is 0 Å². The average Bonchev–Trinajstić information content (AvgIpc) is 2.39. The number of ketones is 1. The van der Waals surface area contributed by atoms with Crippen LogP contribution in [0.15, 0.2) is 42.6 Å². The van der Waals surface area contributed by atoms with Crippen molar-refractivity contribution in [2.24, 2.45) is 0 Å². The summed E-state index contributed by atoms with van der Waals surface area (Å²) in [7, 11) is 0. The molecule has 0 aliphatic carbocycles. The summed E-state index contributed by atoms with van der Waals surface area (Å²) in [6, 6.07) is 9.41. The second kappa shape index (κ2) is 5.30. The van der Waals surface area contributed by atoms with Crippen LogP contribution in [0.3, 0.4) is 0 Å². The van der Waals surface area contributed by atoms with Crippen LogP contribution in [0.5, 0.6) is 11.5 Å². The molecule has 96 valence electrons. The summed E-state index contributed by atoms with van der Waals surface area (Å²) < 4.78 is 5.45. The molecule has 1 aromatic carbocycles. The molecule has 0 aliphatic rings. The van der Waals surface area contributed by atoms with Gasteiger partial charge >= 0.3 is 5.97 Å². The van der Waals surface area contributed by atoms with Gasteiger partial charge in [-0.15, -0.1) is 0 Å². The van der Waals surface area contributed by atoms with Crippen LogP contribution < -0.4 is 4.74 Å². The van der Waals surface area contributed by atoms with Crippen molar-refractivity contribution in [1.82, 2.24) is 4.98 Å². The van der Waals surface area contributed by atoms with E-state index in [-0.39, 0.29) is 17.1 Å². The predicted molar refractivity (Wildman–Crippen MR) is 67.7 cm³/mol. The van der Waals surface area contributed by atoms with Crippen molar-refractivity contribution < 1.29 is 19.4 Å². The Morgan fingerprint density at radius 1 is 1.16 bits per heavy atom. The van der Waals surface area contributed by atoms with Crippen molar-refractivity contribution in [1.29, 1.82) is 0 Å². The molecule has 0 radical (unpaired) electrons. The second-order valence-corrected chi connectivity index (χ2v) is 3.84. The molecule has 19 heavy (non-hydrogen) atoms. The zero-order chi connectivity index (χ0) is 13.8. The number of nitrogens with zero attached hydrogens (tertiary/aromatic N) is 1. The predicted octanol–water partition coefficient (Wildman–Crippen LogP) is 2.77.